The number of sulfonamides is 1. The summed E-state index contributed by atoms with van der Waals surface area (Å²) < 4.78 is 30.9. The standard InChI is InChI=1S/C11H26N2O3S/c1-11(2)10-16-8-4-7-13-17(14,15)9-5-6-12-3/h11-13H,4-10H2,1-3H3. The predicted octanol–water partition coefficient (Wildman–Crippen LogP) is 0.578. The lowest BCUT2D eigenvalue weighted by molar-refractivity contribution is 0.108. The van der Waals surface area contributed by atoms with E-state index < -0.39 is 10.0 Å². The first-order valence-electron chi connectivity index (χ1n) is 6.17. The lowest BCUT2D eigenvalue weighted by atomic mass is 10.2. The van der Waals surface area contributed by atoms with Crippen LogP contribution in [0.1, 0.15) is 26.7 Å². The molecule has 0 fully saturated rings. The number of ether oxygens (including phenoxy) is 1. The number of hydrogen-bond donors (Lipinski definition) is 2. The van der Waals surface area contributed by atoms with E-state index in [1.54, 1.807) is 0 Å². The second-order valence-electron chi connectivity index (χ2n) is 4.49. The van der Waals surface area contributed by atoms with Crippen LogP contribution in [0.4, 0.5) is 0 Å². The summed E-state index contributed by atoms with van der Waals surface area (Å²) >= 11 is 0. The Bertz CT molecular complexity index is 266. The van der Waals surface area contributed by atoms with Crippen molar-refractivity contribution >= 4 is 10.0 Å². The van der Waals surface area contributed by atoms with Crippen LogP contribution in [-0.4, -0.2) is 47.5 Å². The van der Waals surface area contributed by atoms with Gasteiger partial charge in [0, 0.05) is 19.8 Å². The van der Waals surface area contributed by atoms with Crippen LogP contribution < -0.4 is 10.0 Å². The molecule has 0 unspecified atom stereocenters. The minimum atomic E-state index is -3.10. The molecule has 2 N–H and O–H groups in total. The number of hydrogen-bond acceptors (Lipinski definition) is 4. The molecular weight excluding hydrogens is 240 g/mol. The van der Waals surface area contributed by atoms with E-state index in [1.165, 1.54) is 0 Å². The Balaban J connectivity index is 3.46. The second kappa shape index (κ2) is 9.82. The summed E-state index contributed by atoms with van der Waals surface area (Å²) in [5.41, 5.74) is 0. The van der Waals surface area contributed by atoms with E-state index in [1.807, 2.05) is 7.05 Å². The van der Waals surface area contributed by atoms with Crippen LogP contribution in [0.15, 0.2) is 0 Å². The molecule has 0 aliphatic carbocycles. The summed E-state index contributed by atoms with van der Waals surface area (Å²) in [6, 6.07) is 0. The normalized spacial score (nSPS) is 12.2. The quantitative estimate of drug-likeness (QED) is 0.537. The van der Waals surface area contributed by atoms with Gasteiger partial charge in [-0.15, -0.1) is 0 Å². The highest BCUT2D eigenvalue weighted by molar-refractivity contribution is 7.89. The minimum absolute atomic E-state index is 0.181. The number of rotatable bonds is 11. The smallest absolute Gasteiger partial charge is 0.211 e. The van der Waals surface area contributed by atoms with Gasteiger partial charge in [0.2, 0.25) is 10.0 Å². The van der Waals surface area contributed by atoms with Crippen molar-refractivity contribution in [3.05, 3.63) is 0 Å². The number of nitrogens with one attached hydrogen (secondary N) is 2. The third-order valence-corrected chi connectivity index (χ3v) is 3.55. The average Bonchev–Trinajstić information content (AvgIpc) is 2.23. The highest BCUT2D eigenvalue weighted by Crippen LogP contribution is 1.94. The Morgan fingerprint density at radius 1 is 1.18 bits per heavy atom. The van der Waals surface area contributed by atoms with Crippen LogP contribution in [0.2, 0.25) is 0 Å². The molecule has 0 radical (unpaired) electrons. The molecule has 0 spiro atoms. The molecule has 0 aliphatic heterocycles. The van der Waals surface area contributed by atoms with Crippen molar-refractivity contribution < 1.29 is 13.2 Å². The molecule has 5 nitrogen and oxygen atoms in total. The van der Waals surface area contributed by atoms with Gasteiger partial charge in [-0.05, 0) is 32.4 Å². The zero-order valence-electron chi connectivity index (χ0n) is 11.2. The lowest BCUT2D eigenvalue weighted by Crippen LogP contribution is -2.29. The highest BCUT2D eigenvalue weighted by Gasteiger charge is 2.08. The van der Waals surface area contributed by atoms with Crippen LogP contribution in [-0.2, 0) is 14.8 Å². The molecule has 0 rings (SSSR count). The third-order valence-electron chi connectivity index (χ3n) is 2.08. The summed E-state index contributed by atoms with van der Waals surface area (Å²) in [7, 11) is -1.29. The molecular formula is C11H26N2O3S. The molecule has 0 saturated carbocycles. The van der Waals surface area contributed by atoms with Crippen LogP contribution in [0.5, 0.6) is 0 Å². The molecule has 0 saturated heterocycles. The van der Waals surface area contributed by atoms with Crippen molar-refractivity contribution in [1.82, 2.24) is 10.0 Å². The monoisotopic (exact) mass is 266 g/mol. The van der Waals surface area contributed by atoms with Crippen molar-refractivity contribution in [2.75, 3.05) is 39.1 Å². The summed E-state index contributed by atoms with van der Waals surface area (Å²) in [5, 5.41) is 2.92. The van der Waals surface area contributed by atoms with Crippen molar-refractivity contribution in [3.8, 4) is 0 Å². The fourth-order valence-corrected chi connectivity index (χ4v) is 2.36. The van der Waals surface area contributed by atoms with Gasteiger partial charge in [-0.3, -0.25) is 0 Å². The topological polar surface area (TPSA) is 67.4 Å². The van der Waals surface area contributed by atoms with Gasteiger partial charge in [0.15, 0.2) is 0 Å². The summed E-state index contributed by atoms with van der Waals surface area (Å²) in [6.45, 7) is 6.69. The van der Waals surface area contributed by atoms with E-state index in [2.05, 4.69) is 23.9 Å². The first-order valence-corrected chi connectivity index (χ1v) is 7.83. The molecule has 0 aromatic heterocycles. The van der Waals surface area contributed by atoms with E-state index in [0.29, 0.717) is 25.5 Å². The third kappa shape index (κ3) is 12.1. The predicted molar refractivity (Wildman–Crippen MR) is 70.6 cm³/mol. The molecule has 0 atom stereocenters. The molecule has 17 heavy (non-hydrogen) atoms. The molecule has 0 aliphatic rings. The van der Waals surface area contributed by atoms with Gasteiger partial charge in [-0.2, -0.15) is 0 Å². The molecule has 0 aromatic rings. The van der Waals surface area contributed by atoms with Crippen LogP contribution in [0.3, 0.4) is 0 Å². The Morgan fingerprint density at radius 2 is 1.88 bits per heavy atom. The SMILES string of the molecule is CNCCCS(=O)(=O)NCCCOCC(C)C. The first kappa shape index (κ1) is 16.8. The van der Waals surface area contributed by atoms with Gasteiger partial charge in [-0.1, -0.05) is 13.8 Å². The fraction of sp³-hybridized carbons (Fsp3) is 1.00. The van der Waals surface area contributed by atoms with Crippen molar-refractivity contribution in [2.24, 2.45) is 5.92 Å². The Labute approximate surface area is 105 Å². The van der Waals surface area contributed by atoms with E-state index >= 15 is 0 Å². The molecule has 0 heterocycles. The molecule has 0 aromatic carbocycles. The minimum Gasteiger partial charge on any atom is -0.381 e. The maximum atomic E-state index is 11.5. The molecule has 0 bridgehead atoms. The lowest BCUT2D eigenvalue weighted by Gasteiger charge is -2.08. The Morgan fingerprint density at radius 3 is 2.47 bits per heavy atom. The van der Waals surface area contributed by atoms with Crippen LogP contribution >= 0.6 is 0 Å². The van der Waals surface area contributed by atoms with E-state index in [9.17, 15) is 8.42 Å². The van der Waals surface area contributed by atoms with Gasteiger partial charge < -0.3 is 10.1 Å². The molecule has 0 amide bonds. The Kier molecular flexibility index (Phi) is 9.72. The van der Waals surface area contributed by atoms with Crippen molar-refractivity contribution in [1.29, 1.82) is 0 Å². The van der Waals surface area contributed by atoms with Gasteiger partial charge in [0.25, 0.3) is 0 Å². The van der Waals surface area contributed by atoms with Gasteiger partial charge >= 0.3 is 0 Å². The van der Waals surface area contributed by atoms with Crippen molar-refractivity contribution in [2.45, 2.75) is 26.7 Å². The first-order chi connectivity index (χ1) is 7.98. The maximum Gasteiger partial charge on any atom is 0.211 e. The van der Waals surface area contributed by atoms with Crippen LogP contribution in [0, 0.1) is 5.92 Å². The van der Waals surface area contributed by atoms with Crippen molar-refractivity contribution in [3.63, 3.8) is 0 Å². The molecule has 6 heteroatoms. The summed E-state index contributed by atoms with van der Waals surface area (Å²) in [4.78, 5) is 0. The highest BCUT2D eigenvalue weighted by atomic mass is 32.2. The molecule has 104 valence electrons. The van der Waals surface area contributed by atoms with E-state index in [0.717, 1.165) is 19.6 Å². The van der Waals surface area contributed by atoms with Crippen LogP contribution in [0.25, 0.3) is 0 Å². The fourth-order valence-electron chi connectivity index (χ4n) is 1.23. The van der Waals surface area contributed by atoms with Gasteiger partial charge in [0.1, 0.15) is 0 Å². The van der Waals surface area contributed by atoms with Gasteiger partial charge in [0.05, 0.1) is 5.75 Å². The maximum absolute atomic E-state index is 11.5. The summed E-state index contributed by atoms with van der Waals surface area (Å²) in [6.07, 6.45) is 1.35. The van der Waals surface area contributed by atoms with Gasteiger partial charge in [-0.25, -0.2) is 13.1 Å². The zero-order chi connectivity index (χ0) is 13.1. The van der Waals surface area contributed by atoms with E-state index in [-0.39, 0.29) is 5.75 Å². The largest absolute Gasteiger partial charge is 0.381 e. The average molecular weight is 266 g/mol. The Hall–Kier alpha value is -0.170. The summed E-state index contributed by atoms with van der Waals surface area (Å²) in [5.74, 6) is 0.703. The van der Waals surface area contributed by atoms with E-state index in [4.69, 9.17) is 4.74 Å². The second-order valence-corrected chi connectivity index (χ2v) is 6.42. The zero-order valence-corrected chi connectivity index (χ0v) is 12.0.